The number of hydrogen-bond acceptors (Lipinski definition) is 4. The van der Waals surface area contributed by atoms with Gasteiger partial charge in [-0.1, -0.05) is 12.8 Å². The fourth-order valence-electron chi connectivity index (χ4n) is 3.87. The topological polar surface area (TPSA) is 56.8 Å². The van der Waals surface area contributed by atoms with E-state index in [4.69, 9.17) is 0 Å². The highest BCUT2D eigenvalue weighted by atomic mass is 16.2. The summed E-state index contributed by atoms with van der Waals surface area (Å²) in [5.74, 6) is -0.0371. The van der Waals surface area contributed by atoms with Crippen LogP contribution in [0.15, 0.2) is 24.5 Å². The van der Waals surface area contributed by atoms with Crippen molar-refractivity contribution in [2.24, 2.45) is 5.92 Å². The zero-order valence-corrected chi connectivity index (χ0v) is 15.8. The SMILES string of the molecule is CN(CCN1CCCCCC1)C(=O)C1CC(=O)N(Cc2ccncc2)C1. The molecule has 3 rings (SSSR count). The molecule has 0 saturated carbocycles. The van der Waals surface area contributed by atoms with E-state index in [1.54, 1.807) is 17.3 Å². The molecule has 2 fully saturated rings. The van der Waals surface area contributed by atoms with Crippen molar-refractivity contribution in [3.05, 3.63) is 30.1 Å². The second-order valence-electron chi connectivity index (χ2n) is 7.55. The summed E-state index contributed by atoms with van der Waals surface area (Å²) in [6.07, 6.45) is 8.96. The standard InChI is InChI=1S/C20H30N4O2/c1-22(12-13-23-10-4-2-3-5-11-23)20(26)18-14-19(25)24(16-18)15-17-6-8-21-9-7-17/h6-9,18H,2-5,10-16H2,1H3. The first-order chi connectivity index (χ1) is 12.6. The maximum atomic E-state index is 12.7. The van der Waals surface area contributed by atoms with E-state index < -0.39 is 0 Å². The molecule has 1 aromatic rings. The smallest absolute Gasteiger partial charge is 0.227 e. The van der Waals surface area contributed by atoms with Gasteiger partial charge in [-0.3, -0.25) is 14.6 Å². The lowest BCUT2D eigenvalue weighted by atomic mass is 10.1. The number of carbonyl (C=O) groups is 2. The molecule has 0 spiro atoms. The van der Waals surface area contributed by atoms with Crippen molar-refractivity contribution in [2.75, 3.05) is 39.8 Å². The average molecular weight is 358 g/mol. The molecule has 2 amide bonds. The van der Waals surface area contributed by atoms with Crippen molar-refractivity contribution in [1.82, 2.24) is 19.7 Å². The molecule has 2 saturated heterocycles. The molecule has 1 aromatic heterocycles. The Bertz CT molecular complexity index is 599. The first-order valence-corrected chi connectivity index (χ1v) is 9.77. The Morgan fingerprint density at radius 1 is 1.19 bits per heavy atom. The quantitative estimate of drug-likeness (QED) is 0.778. The molecule has 2 aliphatic heterocycles. The fourth-order valence-corrected chi connectivity index (χ4v) is 3.87. The largest absolute Gasteiger partial charge is 0.344 e. The third-order valence-corrected chi connectivity index (χ3v) is 5.51. The van der Waals surface area contributed by atoms with Crippen LogP contribution in [0.3, 0.4) is 0 Å². The van der Waals surface area contributed by atoms with E-state index >= 15 is 0 Å². The summed E-state index contributed by atoms with van der Waals surface area (Å²) in [7, 11) is 1.87. The highest BCUT2D eigenvalue weighted by molar-refractivity contribution is 5.89. The summed E-state index contributed by atoms with van der Waals surface area (Å²) in [6.45, 7) is 5.04. The lowest BCUT2D eigenvalue weighted by Crippen LogP contribution is -2.40. The highest BCUT2D eigenvalue weighted by Crippen LogP contribution is 2.22. The normalized spacial score (nSPS) is 21.7. The monoisotopic (exact) mass is 358 g/mol. The van der Waals surface area contributed by atoms with Gasteiger partial charge in [0.15, 0.2) is 0 Å². The Morgan fingerprint density at radius 3 is 2.58 bits per heavy atom. The van der Waals surface area contributed by atoms with Gasteiger partial charge in [0.05, 0.1) is 5.92 Å². The predicted octanol–water partition coefficient (Wildman–Crippen LogP) is 1.76. The van der Waals surface area contributed by atoms with E-state index in [9.17, 15) is 9.59 Å². The van der Waals surface area contributed by atoms with E-state index in [1.165, 1.54) is 25.7 Å². The third-order valence-electron chi connectivity index (χ3n) is 5.51. The minimum atomic E-state index is -0.210. The van der Waals surface area contributed by atoms with E-state index in [0.29, 0.717) is 19.5 Å². The minimum Gasteiger partial charge on any atom is -0.344 e. The summed E-state index contributed by atoms with van der Waals surface area (Å²) < 4.78 is 0. The van der Waals surface area contributed by atoms with E-state index in [0.717, 1.165) is 31.7 Å². The summed E-state index contributed by atoms with van der Waals surface area (Å²) in [4.78, 5) is 35.1. The number of nitrogens with zero attached hydrogens (tertiary/aromatic N) is 4. The van der Waals surface area contributed by atoms with Crippen molar-refractivity contribution < 1.29 is 9.59 Å². The Balaban J connectivity index is 1.47. The number of amides is 2. The first-order valence-electron chi connectivity index (χ1n) is 9.77. The Morgan fingerprint density at radius 2 is 1.88 bits per heavy atom. The molecule has 142 valence electrons. The molecular weight excluding hydrogens is 328 g/mol. The van der Waals surface area contributed by atoms with Gasteiger partial charge in [0.25, 0.3) is 0 Å². The lowest BCUT2D eigenvalue weighted by Gasteiger charge is -2.26. The number of pyridine rings is 1. The third kappa shape index (κ3) is 5.04. The van der Waals surface area contributed by atoms with Crippen molar-refractivity contribution in [3.8, 4) is 0 Å². The Labute approximate surface area is 156 Å². The molecule has 6 heteroatoms. The van der Waals surface area contributed by atoms with Crippen molar-refractivity contribution in [1.29, 1.82) is 0 Å². The zero-order valence-electron chi connectivity index (χ0n) is 15.8. The number of carbonyl (C=O) groups excluding carboxylic acids is 2. The number of likely N-dealkylation sites (tertiary alicyclic amines) is 2. The van der Waals surface area contributed by atoms with Gasteiger partial charge < -0.3 is 14.7 Å². The van der Waals surface area contributed by atoms with Gasteiger partial charge >= 0.3 is 0 Å². The van der Waals surface area contributed by atoms with Crippen molar-refractivity contribution in [2.45, 2.75) is 38.6 Å². The summed E-state index contributed by atoms with van der Waals surface area (Å²) in [6, 6.07) is 3.82. The number of likely N-dealkylation sites (N-methyl/N-ethyl adjacent to an activating group) is 1. The molecule has 0 aliphatic carbocycles. The van der Waals surface area contributed by atoms with Crippen LogP contribution in [0, 0.1) is 5.92 Å². The van der Waals surface area contributed by atoms with Crippen LogP contribution < -0.4 is 0 Å². The maximum absolute atomic E-state index is 12.7. The van der Waals surface area contributed by atoms with Gasteiger partial charge in [-0.15, -0.1) is 0 Å². The van der Waals surface area contributed by atoms with Crippen LogP contribution in [-0.2, 0) is 16.1 Å². The Hall–Kier alpha value is -1.95. The number of aromatic nitrogens is 1. The predicted molar refractivity (Wildman–Crippen MR) is 100 cm³/mol. The second kappa shape index (κ2) is 9.12. The first kappa shape index (κ1) is 18.8. The van der Waals surface area contributed by atoms with Gasteiger partial charge in [0, 0.05) is 52.0 Å². The molecule has 0 aromatic carbocycles. The van der Waals surface area contributed by atoms with Gasteiger partial charge in [-0.2, -0.15) is 0 Å². The van der Waals surface area contributed by atoms with Gasteiger partial charge in [0.2, 0.25) is 11.8 Å². The fraction of sp³-hybridized carbons (Fsp3) is 0.650. The maximum Gasteiger partial charge on any atom is 0.227 e. The number of hydrogen-bond donors (Lipinski definition) is 0. The molecule has 6 nitrogen and oxygen atoms in total. The van der Waals surface area contributed by atoms with Gasteiger partial charge in [-0.25, -0.2) is 0 Å². The van der Waals surface area contributed by atoms with Gasteiger partial charge in [0.1, 0.15) is 0 Å². The molecule has 3 heterocycles. The minimum absolute atomic E-state index is 0.0704. The molecule has 0 radical (unpaired) electrons. The van der Waals surface area contributed by atoms with E-state index in [2.05, 4.69) is 9.88 Å². The second-order valence-corrected chi connectivity index (χ2v) is 7.55. The van der Waals surface area contributed by atoms with Crippen LogP contribution in [0.2, 0.25) is 0 Å². The van der Waals surface area contributed by atoms with Crippen LogP contribution in [0.4, 0.5) is 0 Å². The molecule has 0 N–H and O–H groups in total. The van der Waals surface area contributed by atoms with E-state index in [1.807, 2.05) is 24.1 Å². The summed E-state index contributed by atoms with van der Waals surface area (Å²) >= 11 is 0. The zero-order chi connectivity index (χ0) is 18.4. The van der Waals surface area contributed by atoms with Crippen LogP contribution in [0.1, 0.15) is 37.7 Å². The molecule has 2 aliphatic rings. The summed E-state index contributed by atoms with van der Waals surface area (Å²) in [5, 5.41) is 0. The summed E-state index contributed by atoms with van der Waals surface area (Å²) in [5.41, 5.74) is 1.05. The molecule has 1 unspecified atom stereocenters. The molecule has 26 heavy (non-hydrogen) atoms. The van der Waals surface area contributed by atoms with Crippen LogP contribution >= 0.6 is 0 Å². The van der Waals surface area contributed by atoms with Gasteiger partial charge in [-0.05, 0) is 43.6 Å². The van der Waals surface area contributed by atoms with Crippen molar-refractivity contribution in [3.63, 3.8) is 0 Å². The lowest BCUT2D eigenvalue weighted by molar-refractivity contribution is -0.134. The number of rotatable bonds is 6. The van der Waals surface area contributed by atoms with Crippen LogP contribution in [-0.4, -0.2) is 71.3 Å². The van der Waals surface area contributed by atoms with Crippen LogP contribution in [0.5, 0.6) is 0 Å². The van der Waals surface area contributed by atoms with Crippen molar-refractivity contribution >= 4 is 11.8 Å². The highest BCUT2D eigenvalue weighted by Gasteiger charge is 2.35. The van der Waals surface area contributed by atoms with Crippen LogP contribution in [0.25, 0.3) is 0 Å². The molecular formula is C20H30N4O2. The molecule has 0 bridgehead atoms. The average Bonchev–Trinajstić information content (AvgIpc) is 2.86. The van der Waals surface area contributed by atoms with E-state index in [-0.39, 0.29) is 17.7 Å². The Kier molecular flexibility index (Phi) is 6.61. The molecule has 1 atom stereocenters.